The van der Waals surface area contributed by atoms with Crippen LogP contribution in [-0.2, 0) is 4.79 Å². The van der Waals surface area contributed by atoms with Gasteiger partial charge in [-0.15, -0.1) is 0 Å². The van der Waals surface area contributed by atoms with Crippen molar-refractivity contribution in [3.8, 4) is 5.75 Å². The van der Waals surface area contributed by atoms with Crippen LogP contribution >= 0.6 is 0 Å². The first-order valence-corrected chi connectivity index (χ1v) is 7.06. The Balaban J connectivity index is 2.16. The molecule has 1 aromatic carbocycles. The van der Waals surface area contributed by atoms with Gasteiger partial charge in [0, 0.05) is 12.1 Å². The Morgan fingerprint density at radius 2 is 2.17 bits per heavy atom. The van der Waals surface area contributed by atoms with Gasteiger partial charge < -0.3 is 14.6 Å². The summed E-state index contributed by atoms with van der Waals surface area (Å²) in [6, 6.07) is 6.15. The van der Waals surface area contributed by atoms with Gasteiger partial charge in [-0.3, -0.25) is 14.9 Å². The van der Waals surface area contributed by atoms with Crippen LogP contribution in [0.1, 0.15) is 24.7 Å². The second-order valence-electron chi connectivity index (χ2n) is 5.06. The van der Waals surface area contributed by atoms with Crippen molar-refractivity contribution in [3.63, 3.8) is 0 Å². The maximum atomic E-state index is 12.2. The number of hydrogen-bond donors (Lipinski definition) is 1. The van der Waals surface area contributed by atoms with Crippen LogP contribution in [0.5, 0.6) is 5.75 Å². The predicted octanol–water partition coefficient (Wildman–Crippen LogP) is 3.00. The number of rotatable bonds is 6. The zero-order chi connectivity index (χ0) is 17.0. The van der Waals surface area contributed by atoms with Gasteiger partial charge in [-0.25, -0.2) is 0 Å². The second kappa shape index (κ2) is 6.91. The second-order valence-corrected chi connectivity index (χ2v) is 5.06. The fourth-order valence-corrected chi connectivity index (χ4v) is 1.98. The Hall–Kier alpha value is -2.90. The quantitative estimate of drug-likeness (QED) is 0.647. The normalized spacial score (nSPS) is 11.8. The average molecular weight is 319 g/mol. The van der Waals surface area contributed by atoms with E-state index in [4.69, 9.17) is 9.26 Å². The monoisotopic (exact) mass is 319 g/mol. The van der Waals surface area contributed by atoms with E-state index in [1.165, 1.54) is 12.1 Å². The summed E-state index contributed by atoms with van der Waals surface area (Å²) in [4.78, 5) is 22.8. The Bertz CT molecular complexity index is 726. The highest BCUT2D eigenvalue weighted by Gasteiger charge is 2.24. The van der Waals surface area contributed by atoms with Crippen LogP contribution in [0, 0.1) is 24.0 Å². The number of ether oxygens (including phenoxy) is 1. The third kappa shape index (κ3) is 4.06. The third-order valence-corrected chi connectivity index (χ3v) is 3.12. The van der Waals surface area contributed by atoms with Crippen LogP contribution in [0.2, 0.25) is 0 Å². The van der Waals surface area contributed by atoms with E-state index in [-0.39, 0.29) is 17.3 Å². The number of hydrogen-bond acceptors (Lipinski definition) is 6. The van der Waals surface area contributed by atoms with E-state index in [2.05, 4.69) is 10.5 Å². The van der Waals surface area contributed by atoms with Crippen molar-refractivity contribution >= 4 is 17.4 Å². The smallest absolute Gasteiger partial charge is 0.311 e. The van der Waals surface area contributed by atoms with Crippen LogP contribution in [0.3, 0.4) is 0 Å². The van der Waals surface area contributed by atoms with Gasteiger partial charge in [0.2, 0.25) is 0 Å². The van der Waals surface area contributed by atoms with Gasteiger partial charge in [-0.05, 0) is 31.9 Å². The van der Waals surface area contributed by atoms with Crippen molar-refractivity contribution in [1.82, 2.24) is 5.16 Å². The van der Waals surface area contributed by atoms with E-state index in [0.717, 1.165) is 5.56 Å². The fourth-order valence-electron chi connectivity index (χ4n) is 1.98. The molecule has 0 radical (unpaired) electrons. The zero-order valence-electron chi connectivity index (χ0n) is 13.0. The van der Waals surface area contributed by atoms with Crippen molar-refractivity contribution in [2.45, 2.75) is 33.3 Å². The molecule has 1 N–H and O–H groups in total. The summed E-state index contributed by atoms with van der Waals surface area (Å²) < 4.78 is 10.4. The maximum absolute atomic E-state index is 12.2. The lowest BCUT2D eigenvalue weighted by Crippen LogP contribution is -2.32. The van der Waals surface area contributed by atoms with Gasteiger partial charge in [0.1, 0.15) is 5.76 Å². The highest BCUT2D eigenvalue weighted by atomic mass is 16.6. The van der Waals surface area contributed by atoms with Crippen LogP contribution < -0.4 is 10.1 Å². The number of aryl methyl sites for hydroxylation is 2. The molecule has 122 valence electrons. The number of nitro benzene ring substituents is 1. The van der Waals surface area contributed by atoms with Crippen molar-refractivity contribution in [3.05, 3.63) is 45.7 Å². The Morgan fingerprint density at radius 3 is 2.74 bits per heavy atom. The van der Waals surface area contributed by atoms with Gasteiger partial charge in [-0.1, -0.05) is 18.1 Å². The molecule has 0 saturated heterocycles. The van der Waals surface area contributed by atoms with Crippen LogP contribution in [0.25, 0.3) is 0 Å². The minimum Gasteiger partial charge on any atom is -0.473 e. The molecular weight excluding hydrogens is 302 g/mol. The van der Waals surface area contributed by atoms with Gasteiger partial charge in [-0.2, -0.15) is 0 Å². The standard InChI is InChI=1S/C15H17N3O5/c1-4-12(15(19)16-14-8-10(3)23-17-14)22-13-6-5-9(2)7-11(13)18(20)21/h5-8,12H,4H2,1-3H3,(H,16,17,19)/t12-/m0/s1. The molecule has 0 fully saturated rings. The molecule has 0 bridgehead atoms. The van der Waals surface area contributed by atoms with Crippen molar-refractivity contribution in [2.75, 3.05) is 5.32 Å². The number of aromatic nitrogens is 1. The average Bonchev–Trinajstić information content (AvgIpc) is 2.90. The largest absolute Gasteiger partial charge is 0.473 e. The molecule has 0 aliphatic carbocycles. The first-order chi connectivity index (χ1) is 10.9. The van der Waals surface area contributed by atoms with E-state index in [1.54, 1.807) is 32.9 Å². The molecule has 1 aromatic heterocycles. The van der Waals surface area contributed by atoms with Crippen LogP contribution in [-0.4, -0.2) is 22.1 Å². The molecule has 0 unspecified atom stereocenters. The van der Waals surface area contributed by atoms with Gasteiger partial charge in [0.15, 0.2) is 17.7 Å². The van der Waals surface area contributed by atoms with Gasteiger partial charge in [0.05, 0.1) is 4.92 Å². The molecule has 2 aromatic rings. The summed E-state index contributed by atoms with van der Waals surface area (Å²) >= 11 is 0. The third-order valence-electron chi connectivity index (χ3n) is 3.12. The molecule has 0 aliphatic heterocycles. The molecule has 8 heteroatoms. The lowest BCUT2D eigenvalue weighted by atomic mass is 10.2. The van der Waals surface area contributed by atoms with E-state index in [1.807, 2.05) is 0 Å². The number of nitrogens with one attached hydrogen (secondary N) is 1. The first-order valence-electron chi connectivity index (χ1n) is 7.06. The predicted molar refractivity (Wildman–Crippen MR) is 82.4 cm³/mol. The van der Waals surface area contributed by atoms with E-state index in [9.17, 15) is 14.9 Å². The fraction of sp³-hybridized carbons (Fsp3) is 0.333. The summed E-state index contributed by atoms with van der Waals surface area (Å²) in [6.07, 6.45) is -0.540. The molecule has 1 heterocycles. The Morgan fingerprint density at radius 1 is 1.43 bits per heavy atom. The molecule has 2 rings (SSSR count). The van der Waals surface area contributed by atoms with Crippen LogP contribution in [0.15, 0.2) is 28.8 Å². The summed E-state index contributed by atoms with van der Waals surface area (Å²) in [5, 5.41) is 17.3. The molecule has 8 nitrogen and oxygen atoms in total. The molecule has 1 amide bonds. The molecule has 23 heavy (non-hydrogen) atoms. The number of benzene rings is 1. The number of carbonyl (C=O) groups excluding carboxylic acids is 1. The minimum absolute atomic E-state index is 0.0546. The highest BCUT2D eigenvalue weighted by molar-refractivity contribution is 5.93. The van der Waals surface area contributed by atoms with Crippen molar-refractivity contribution in [2.24, 2.45) is 0 Å². The summed E-state index contributed by atoms with van der Waals surface area (Å²) in [7, 11) is 0. The zero-order valence-corrected chi connectivity index (χ0v) is 13.0. The van der Waals surface area contributed by atoms with Gasteiger partial charge >= 0.3 is 5.69 Å². The van der Waals surface area contributed by atoms with Crippen LogP contribution in [0.4, 0.5) is 11.5 Å². The minimum atomic E-state index is -0.881. The van der Waals surface area contributed by atoms with Crippen molar-refractivity contribution in [1.29, 1.82) is 0 Å². The van der Waals surface area contributed by atoms with E-state index in [0.29, 0.717) is 12.2 Å². The number of carbonyl (C=O) groups is 1. The molecule has 0 aliphatic rings. The first kappa shape index (κ1) is 16.5. The van der Waals surface area contributed by atoms with Gasteiger partial charge in [0.25, 0.3) is 5.91 Å². The molecule has 0 saturated carbocycles. The van der Waals surface area contributed by atoms with E-state index < -0.39 is 16.9 Å². The Labute approximate surface area is 132 Å². The summed E-state index contributed by atoms with van der Waals surface area (Å²) in [5.41, 5.74) is 0.563. The highest BCUT2D eigenvalue weighted by Crippen LogP contribution is 2.29. The van der Waals surface area contributed by atoms with Crippen molar-refractivity contribution < 1.29 is 19.0 Å². The lowest BCUT2D eigenvalue weighted by molar-refractivity contribution is -0.386. The SMILES string of the molecule is CC[C@H](Oc1ccc(C)cc1[N+](=O)[O-])C(=O)Nc1cc(C)on1. The molecular formula is C15H17N3O5. The number of anilines is 1. The lowest BCUT2D eigenvalue weighted by Gasteiger charge is -2.16. The Kier molecular flexibility index (Phi) is 4.95. The van der Waals surface area contributed by atoms with E-state index >= 15 is 0 Å². The number of nitro groups is 1. The summed E-state index contributed by atoms with van der Waals surface area (Å²) in [5.74, 6) is 0.436. The topological polar surface area (TPSA) is 108 Å². The number of nitrogens with zero attached hydrogens (tertiary/aromatic N) is 2. The number of amides is 1. The molecule has 0 spiro atoms. The molecule has 1 atom stereocenters. The summed E-state index contributed by atoms with van der Waals surface area (Å²) in [6.45, 7) is 5.19. The maximum Gasteiger partial charge on any atom is 0.311 e.